The monoisotopic (exact) mass is 231 g/mol. The molecule has 0 aliphatic rings. The molecule has 7 nitrogen and oxygen atoms in total. The molecule has 0 aromatic heterocycles. The van der Waals surface area contributed by atoms with E-state index in [9.17, 15) is 4.79 Å². The van der Waals surface area contributed by atoms with Crippen molar-refractivity contribution < 1.29 is 9.53 Å². The summed E-state index contributed by atoms with van der Waals surface area (Å²) in [6.07, 6.45) is 1.06. The van der Waals surface area contributed by atoms with Crippen LogP contribution in [-0.2, 0) is 9.53 Å². The van der Waals surface area contributed by atoms with Crippen LogP contribution < -0.4 is 22.9 Å². The van der Waals surface area contributed by atoms with Gasteiger partial charge in [0.1, 0.15) is 6.04 Å². The van der Waals surface area contributed by atoms with Gasteiger partial charge in [-0.2, -0.15) is 0 Å². The summed E-state index contributed by atoms with van der Waals surface area (Å²) in [5, 5.41) is 0. The lowest BCUT2D eigenvalue weighted by Gasteiger charge is -2.21. The van der Waals surface area contributed by atoms with Crippen molar-refractivity contribution in [1.82, 2.24) is 0 Å². The van der Waals surface area contributed by atoms with Crippen LogP contribution >= 0.6 is 0 Å². The Balaban J connectivity index is 3.85. The van der Waals surface area contributed by atoms with Crippen LogP contribution in [0.1, 0.15) is 26.7 Å². The van der Waals surface area contributed by atoms with E-state index in [2.05, 4.69) is 4.99 Å². The van der Waals surface area contributed by atoms with E-state index >= 15 is 0 Å². The predicted octanol–water partition coefficient (Wildman–Crippen LogP) is -1.39. The van der Waals surface area contributed by atoms with Crippen molar-refractivity contribution in [2.24, 2.45) is 27.9 Å². The lowest BCUT2D eigenvalue weighted by atomic mass is 10.1. The fraction of sp³-hybridized carbons (Fsp3) is 0.778. The molecular weight excluding hydrogens is 210 g/mol. The molecule has 0 saturated heterocycles. The van der Waals surface area contributed by atoms with E-state index in [-0.39, 0.29) is 5.96 Å². The van der Waals surface area contributed by atoms with Crippen LogP contribution in [0.3, 0.4) is 0 Å². The van der Waals surface area contributed by atoms with Crippen molar-refractivity contribution in [2.45, 2.75) is 38.5 Å². The normalized spacial score (nSPS) is 13.0. The first-order valence-corrected chi connectivity index (χ1v) is 5.05. The largest absolute Gasteiger partial charge is 0.444 e. The highest BCUT2D eigenvalue weighted by Crippen LogP contribution is 2.04. The highest BCUT2D eigenvalue weighted by Gasteiger charge is 2.21. The fourth-order valence-electron chi connectivity index (χ4n) is 0.972. The molecule has 16 heavy (non-hydrogen) atoms. The second kappa shape index (κ2) is 6.29. The molecule has 0 spiro atoms. The quantitative estimate of drug-likeness (QED) is 0.146. The Morgan fingerprint density at radius 1 is 1.44 bits per heavy atom. The molecule has 0 aliphatic heterocycles. The number of hydrogen-bond acceptors (Lipinski definition) is 5. The Labute approximate surface area is 95.2 Å². The summed E-state index contributed by atoms with van der Waals surface area (Å²) in [5.74, 6) is -0.489. The van der Waals surface area contributed by atoms with Crippen LogP contribution in [0.4, 0.5) is 0 Å². The van der Waals surface area contributed by atoms with Crippen molar-refractivity contribution in [2.75, 3.05) is 6.54 Å². The number of esters is 1. The van der Waals surface area contributed by atoms with Crippen LogP contribution in [0.25, 0.3) is 0 Å². The van der Waals surface area contributed by atoms with E-state index in [1.807, 2.05) is 0 Å². The minimum Gasteiger partial charge on any atom is -0.444 e. The van der Waals surface area contributed by atoms with E-state index in [0.717, 1.165) is 0 Å². The minimum absolute atomic E-state index is 0.0271. The average molecular weight is 231 g/mol. The lowest BCUT2D eigenvalue weighted by Crippen LogP contribution is -2.43. The third-order valence-corrected chi connectivity index (χ3v) is 1.63. The Hall–Kier alpha value is -1.34. The van der Waals surface area contributed by atoms with Crippen LogP contribution in [0.2, 0.25) is 0 Å². The second-order valence-electron chi connectivity index (χ2n) is 4.08. The summed E-state index contributed by atoms with van der Waals surface area (Å²) in [6.45, 7) is 3.60. The lowest BCUT2D eigenvalue weighted by molar-refractivity contribution is -0.157. The van der Waals surface area contributed by atoms with E-state index < -0.39 is 17.7 Å². The number of carbonyl (C=O) groups is 1. The molecule has 7 heteroatoms. The molecule has 0 bridgehead atoms. The fourth-order valence-corrected chi connectivity index (χ4v) is 0.972. The van der Waals surface area contributed by atoms with Gasteiger partial charge in [-0.1, -0.05) is 0 Å². The maximum Gasteiger partial charge on any atom is 0.324 e. The molecule has 0 aromatic carbocycles. The van der Waals surface area contributed by atoms with Crippen molar-refractivity contribution >= 4 is 11.9 Å². The van der Waals surface area contributed by atoms with Crippen LogP contribution in [0.5, 0.6) is 0 Å². The van der Waals surface area contributed by atoms with Crippen LogP contribution in [-0.4, -0.2) is 30.2 Å². The molecular formula is C9H21N5O2. The molecule has 0 rings (SSSR count). The highest BCUT2D eigenvalue weighted by atomic mass is 16.6. The molecule has 0 amide bonds. The molecule has 0 saturated carbocycles. The molecule has 0 aromatic rings. The number of aliphatic imine (C=N–C) groups is 1. The van der Waals surface area contributed by atoms with Gasteiger partial charge in [0.2, 0.25) is 0 Å². The summed E-state index contributed by atoms with van der Waals surface area (Å²) >= 11 is 0. The van der Waals surface area contributed by atoms with E-state index in [1.54, 1.807) is 13.8 Å². The van der Waals surface area contributed by atoms with Crippen molar-refractivity contribution in [3.8, 4) is 0 Å². The molecule has 1 atom stereocenters. The van der Waals surface area contributed by atoms with Gasteiger partial charge in [-0.15, -0.1) is 0 Å². The molecule has 0 radical (unpaired) electrons. The predicted molar refractivity (Wildman–Crippen MR) is 62.2 cm³/mol. The molecule has 0 heterocycles. The SMILES string of the molecule is CC(C)(N)OC(=O)[C@@H](N)CCCN=C(N)N. The van der Waals surface area contributed by atoms with Gasteiger partial charge in [-0.05, 0) is 26.7 Å². The minimum atomic E-state index is -1.01. The zero-order valence-corrected chi connectivity index (χ0v) is 9.77. The van der Waals surface area contributed by atoms with Gasteiger partial charge in [-0.25, -0.2) is 0 Å². The van der Waals surface area contributed by atoms with E-state index in [1.165, 1.54) is 0 Å². The Bertz CT molecular complexity index is 255. The third-order valence-electron chi connectivity index (χ3n) is 1.63. The first-order valence-electron chi connectivity index (χ1n) is 5.05. The second-order valence-corrected chi connectivity index (χ2v) is 4.08. The van der Waals surface area contributed by atoms with Gasteiger partial charge in [0.25, 0.3) is 0 Å². The Morgan fingerprint density at radius 2 is 2.00 bits per heavy atom. The third kappa shape index (κ3) is 8.01. The number of nitrogens with zero attached hydrogens (tertiary/aromatic N) is 1. The summed E-state index contributed by atoms with van der Waals surface area (Å²) in [7, 11) is 0. The maximum atomic E-state index is 11.4. The highest BCUT2D eigenvalue weighted by molar-refractivity contribution is 5.76. The maximum absolute atomic E-state index is 11.4. The number of hydrogen-bond donors (Lipinski definition) is 4. The van der Waals surface area contributed by atoms with Gasteiger partial charge >= 0.3 is 5.97 Å². The van der Waals surface area contributed by atoms with Crippen molar-refractivity contribution in [1.29, 1.82) is 0 Å². The smallest absolute Gasteiger partial charge is 0.324 e. The number of ether oxygens (including phenoxy) is 1. The summed E-state index contributed by atoms with van der Waals surface area (Å²) in [4.78, 5) is 15.1. The van der Waals surface area contributed by atoms with E-state index in [0.29, 0.717) is 19.4 Å². The molecule has 94 valence electrons. The van der Waals surface area contributed by atoms with Crippen LogP contribution in [0, 0.1) is 0 Å². The van der Waals surface area contributed by atoms with Crippen molar-refractivity contribution in [3.05, 3.63) is 0 Å². The van der Waals surface area contributed by atoms with E-state index in [4.69, 9.17) is 27.7 Å². The van der Waals surface area contributed by atoms with Gasteiger partial charge in [0.05, 0.1) is 0 Å². The number of carbonyl (C=O) groups excluding carboxylic acids is 1. The number of guanidine groups is 1. The molecule has 0 unspecified atom stereocenters. The summed E-state index contributed by atoms with van der Waals surface area (Å²) in [6, 6.07) is -0.697. The first kappa shape index (κ1) is 14.7. The van der Waals surface area contributed by atoms with Crippen molar-refractivity contribution in [3.63, 3.8) is 0 Å². The summed E-state index contributed by atoms with van der Waals surface area (Å²) < 4.78 is 4.91. The van der Waals surface area contributed by atoms with Gasteiger partial charge in [-0.3, -0.25) is 15.5 Å². The Morgan fingerprint density at radius 3 is 2.44 bits per heavy atom. The molecule has 0 fully saturated rings. The van der Waals surface area contributed by atoms with Gasteiger partial charge in [0, 0.05) is 6.54 Å². The number of rotatable bonds is 6. The first-order chi connectivity index (χ1) is 7.22. The topological polar surface area (TPSA) is 143 Å². The zero-order chi connectivity index (χ0) is 12.8. The Kier molecular flexibility index (Phi) is 5.76. The van der Waals surface area contributed by atoms with Gasteiger partial charge in [0.15, 0.2) is 11.7 Å². The number of nitrogens with two attached hydrogens (primary N) is 4. The van der Waals surface area contributed by atoms with Crippen LogP contribution in [0.15, 0.2) is 4.99 Å². The zero-order valence-electron chi connectivity index (χ0n) is 9.77. The molecule has 0 aliphatic carbocycles. The summed E-state index contributed by atoms with van der Waals surface area (Å²) in [5.41, 5.74) is 20.4. The van der Waals surface area contributed by atoms with Gasteiger partial charge < -0.3 is 21.9 Å². The average Bonchev–Trinajstić information content (AvgIpc) is 2.08. The standard InChI is InChI=1S/C9H21N5O2/c1-9(2,13)16-7(15)6(10)4-3-5-14-8(11)12/h6H,3-5,10,13H2,1-2H3,(H4,11,12,14)/t6-/m0/s1. The molecule has 8 N–H and O–H groups in total.